The lowest BCUT2D eigenvalue weighted by Gasteiger charge is -2.13. The fourth-order valence-corrected chi connectivity index (χ4v) is 4.10. The summed E-state index contributed by atoms with van der Waals surface area (Å²) in [5, 5.41) is 12.8. The van der Waals surface area contributed by atoms with Gasteiger partial charge in [0.2, 0.25) is 0 Å². The highest BCUT2D eigenvalue weighted by Gasteiger charge is 2.14. The normalized spacial score (nSPS) is 11.0. The van der Waals surface area contributed by atoms with Crippen LogP contribution in [0.15, 0.2) is 75.2 Å². The zero-order chi connectivity index (χ0) is 22.4. The molecule has 0 heterocycles. The van der Waals surface area contributed by atoms with E-state index in [1.807, 2.05) is 42.5 Å². The number of rotatable bonds is 6. The first kappa shape index (κ1) is 23.1. The van der Waals surface area contributed by atoms with Crippen molar-refractivity contribution in [2.24, 2.45) is 0 Å². The van der Waals surface area contributed by atoms with Crippen molar-refractivity contribution in [2.75, 3.05) is 12.4 Å². The second kappa shape index (κ2) is 10.6. The van der Waals surface area contributed by atoms with Crippen LogP contribution >= 0.6 is 43.5 Å². The van der Waals surface area contributed by atoms with Crippen LogP contribution in [0.4, 0.5) is 5.69 Å². The highest BCUT2D eigenvalue weighted by Crippen LogP contribution is 2.33. The van der Waals surface area contributed by atoms with Gasteiger partial charge in [0.15, 0.2) is 0 Å². The van der Waals surface area contributed by atoms with E-state index >= 15 is 0 Å². The van der Waals surface area contributed by atoms with Gasteiger partial charge in [-0.15, -0.1) is 0 Å². The number of hydrogen-bond acceptors (Lipinski definition) is 3. The van der Waals surface area contributed by atoms with Crippen LogP contribution in [0.3, 0.4) is 0 Å². The fourth-order valence-electron chi connectivity index (χ4n) is 2.95. The van der Waals surface area contributed by atoms with Gasteiger partial charge in [0.25, 0.3) is 5.91 Å². The minimum Gasteiger partial charge on any atom is -0.496 e. The van der Waals surface area contributed by atoms with Gasteiger partial charge in [-0.05, 0) is 59.7 Å². The molecule has 7 heteroatoms. The second-order valence-electron chi connectivity index (χ2n) is 6.58. The zero-order valence-electron chi connectivity index (χ0n) is 16.5. The van der Waals surface area contributed by atoms with E-state index in [2.05, 4.69) is 37.2 Å². The zero-order valence-corrected chi connectivity index (χ0v) is 20.4. The van der Waals surface area contributed by atoms with E-state index in [9.17, 15) is 10.1 Å². The summed E-state index contributed by atoms with van der Waals surface area (Å²) in [6.07, 6.45) is 2.18. The molecule has 0 aromatic heterocycles. The molecule has 3 rings (SSSR count). The third-order valence-corrected chi connectivity index (χ3v) is 6.23. The molecule has 156 valence electrons. The van der Waals surface area contributed by atoms with Crippen LogP contribution in [-0.4, -0.2) is 13.0 Å². The Bertz CT molecular complexity index is 1190. The Labute approximate surface area is 202 Å². The maximum atomic E-state index is 12.5. The molecule has 4 nitrogen and oxygen atoms in total. The van der Waals surface area contributed by atoms with Crippen LogP contribution in [-0.2, 0) is 11.2 Å². The van der Waals surface area contributed by atoms with Gasteiger partial charge in [-0.3, -0.25) is 4.79 Å². The number of nitrogens with zero attached hydrogens (tertiary/aromatic N) is 1. The number of hydrogen-bond donors (Lipinski definition) is 1. The summed E-state index contributed by atoms with van der Waals surface area (Å²) in [6.45, 7) is 0. The van der Waals surface area contributed by atoms with Gasteiger partial charge in [0.1, 0.15) is 17.4 Å². The van der Waals surface area contributed by atoms with Crippen LogP contribution in [0.2, 0.25) is 5.02 Å². The van der Waals surface area contributed by atoms with Crippen LogP contribution in [0.1, 0.15) is 16.7 Å². The van der Waals surface area contributed by atoms with Crippen LogP contribution in [0.5, 0.6) is 5.75 Å². The summed E-state index contributed by atoms with van der Waals surface area (Å²) < 4.78 is 7.43. The minimum absolute atomic E-state index is 0.0255. The van der Waals surface area contributed by atoms with E-state index in [1.165, 1.54) is 6.08 Å². The van der Waals surface area contributed by atoms with Crippen molar-refractivity contribution in [3.05, 3.63) is 96.9 Å². The van der Waals surface area contributed by atoms with Crippen LogP contribution < -0.4 is 10.1 Å². The largest absolute Gasteiger partial charge is 0.496 e. The highest BCUT2D eigenvalue weighted by molar-refractivity contribution is 9.10. The third-order valence-electron chi connectivity index (χ3n) is 4.50. The molecule has 0 saturated carbocycles. The van der Waals surface area contributed by atoms with Crippen LogP contribution in [0, 0.1) is 11.3 Å². The summed E-state index contributed by atoms with van der Waals surface area (Å²) in [7, 11) is 1.59. The van der Waals surface area contributed by atoms with Crippen LogP contribution in [0.25, 0.3) is 6.08 Å². The lowest BCUT2D eigenvalue weighted by Crippen LogP contribution is -2.13. The smallest absolute Gasteiger partial charge is 0.266 e. The van der Waals surface area contributed by atoms with E-state index in [0.717, 1.165) is 20.1 Å². The number of amides is 1. The van der Waals surface area contributed by atoms with Crippen molar-refractivity contribution in [1.29, 1.82) is 5.26 Å². The quantitative estimate of drug-likeness (QED) is 0.261. The molecule has 3 aromatic rings. The molecule has 0 radical (unpaired) electrons. The number of benzene rings is 3. The molecule has 0 aliphatic heterocycles. The van der Waals surface area contributed by atoms with E-state index in [-0.39, 0.29) is 5.57 Å². The Hall–Kier alpha value is -2.59. The molecule has 0 aliphatic rings. The Balaban J connectivity index is 1.89. The van der Waals surface area contributed by atoms with Gasteiger partial charge < -0.3 is 10.1 Å². The van der Waals surface area contributed by atoms with Crippen molar-refractivity contribution in [3.8, 4) is 11.8 Å². The average Bonchev–Trinajstić information content (AvgIpc) is 2.76. The molecule has 3 aromatic carbocycles. The average molecular weight is 561 g/mol. The molecular weight excluding hydrogens is 544 g/mol. The minimum atomic E-state index is -0.503. The molecule has 0 atom stereocenters. The second-order valence-corrected chi connectivity index (χ2v) is 8.73. The number of nitrogens with one attached hydrogen (secondary N) is 1. The number of nitriles is 1. The van der Waals surface area contributed by atoms with Crippen molar-refractivity contribution in [1.82, 2.24) is 0 Å². The van der Waals surface area contributed by atoms with Crippen molar-refractivity contribution in [2.45, 2.75) is 6.42 Å². The van der Waals surface area contributed by atoms with Gasteiger partial charge in [-0.2, -0.15) is 5.26 Å². The van der Waals surface area contributed by atoms with E-state index in [1.54, 1.807) is 31.4 Å². The molecular formula is C24H17Br2ClN2O2. The maximum Gasteiger partial charge on any atom is 0.266 e. The molecule has 0 bridgehead atoms. The number of anilines is 1. The monoisotopic (exact) mass is 558 g/mol. The Kier molecular flexibility index (Phi) is 7.91. The maximum absolute atomic E-state index is 12.5. The summed E-state index contributed by atoms with van der Waals surface area (Å²) in [5.74, 6) is 0.156. The predicted molar refractivity (Wildman–Crippen MR) is 131 cm³/mol. The molecule has 31 heavy (non-hydrogen) atoms. The fraction of sp³-hybridized carbons (Fsp3) is 0.0833. The highest BCUT2D eigenvalue weighted by atomic mass is 79.9. The number of halogens is 3. The van der Waals surface area contributed by atoms with Gasteiger partial charge in [0.05, 0.1) is 7.11 Å². The van der Waals surface area contributed by atoms with E-state index in [4.69, 9.17) is 16.3 Å². The van der Waals surface area contributed by atoms with Gasteiger partial charge >= 0.3 is 0 Å². The molecule has 1 amide bonds. The first-order valence-electron chi connectivity index (χ1n) is 9.19. The number of carbonyl (C=O) groups is 1. The van der Waals surface area contributed by atoms with Crippen molar-refractivity contribution in [3.63, 3.8) is 0 Å². The Morgan fingerprint density at radius 1 is 1.13 bits per heavy atom. The van der Waals surface area contributed by atoms with E-state index < -0.39 is 5.91 Å². The lowest BCUT2D eigenvalue weighted by atomic mass is 10.0. The molecule has 0 unspecified atom stereocenters. The predicted octanol–water partition coefficient (Wildman–Crippen LogP) is 7.01. The van der Waals surface area contributed by atoms with Gasteiger partial charge in [-0.1, -0.05) is 61.7 Å². The Morgan fingerprint density at radius 2 is 1.84 bits per heavy atom. The first-order valence-corrected chi connectivity index (χ1v) is 11.2. The summed E-state index contributed by atoms with van der Waals surface area (Å²) in [6, 6.07) is 20.3. The number of carbonyl (C=O) groups excluding carboxylic acids is 1. The number of ether oxygens (including phenoxy) is 1. The summed E-state index contributed by atoms with van der Waals surface area (Å²) in [4.78, 5) is 12.5. The summed E-state index contributed by atoms with van der Waals surface area (Å²) >= 11 is 13.1. The molecule has 0 aliphatic carbocycles. The molecule has 0 fully saturated rings. The molecule has 0 saturated heterocycles. The van der Waals surface area contributed by atoms with Gasteiger partial charge in [0, 0.05) is 31.6 Å². The van der Waals surface area contributed by atoms with E-state index in [0.29, 0.717) is 28.4 Å². The standard InChI is InChI=1S/C24H17Br2ClN2O2/c1-31-23-12-15(11-22(26)20(23)13-16-4-2-3-5-21(16)25)10-17(14-28)24(30)29-19-8-6-18(27)7-9-19/h2-12H,13H2,1H3,(H,29,30)/b17-10+. The molecule has 0 spiro atoms. The SMILES string of the molecule is COc1cc(/C=C(\C#N)C(=O)Nc2ccc(Cl)cc2)cc(Br)c1Cc1ccccc1Br. The van der Waals surface area contributed by atoms with Crippen molar-refractivity contribution < 1.29 is 9.53 Å². The topological polar surface area (TPSA) is 62.1 Å². The number of methoxy groups -OCH3 is 1. The van der Waals surface area contributed by atoms with Crippen molar-refractivity contribution >= 4 is 61.1 Å². The third kappa shape index (κ3) is 5.98. The first-order chi connectivity index (χ1) is 14.9. The molecule has 1 N–H and O–H groups in total. The van der Waals surface area contributed by atoms with Gasteiger partial charge in [-0.25, -0.2) is 0 Å². The lowest BCUT2D eigenvalue weighted by molar-refractivity contribution is -0.112. The summed E-state index contributed by atoms with van der Waals surface area (Å²) in [5.41, 5.74) is 3.28. The Morgan fingerprint density at radius 3 is 2.48 bits per heavy atom.